The fourth-order valence-corrected chi connectivity index (χ4v) is 9.52. The van der Waals surface area contributed by atoms with E-state index in [0.29, 0.717) is 5.92 Å². The second kappa shape index (κ2) is 12.6. The van der Waals surface area contributed by atoms with Crippen molar-refractivity contribution in [1.82, 2.24) is 13.7 Å². The first-order chi connectivity index (χ1) is 28.3. The zero-order valence-corrected chi connectivity index (χ0v) is 31.3. The molecular formula is C54H37N3. The largest absolute Gasteiger partial charge is 0.309 e. The summed E-state index contributed by atoms with van der Waals surface area (Å²) in [6.45, 7) is 0. The van der Waals surface area contributed by atoms with Gasteiger partial charge in [0.15, 0.2) is 0 Å². The third-order valence-electron chi connectivity index (χ3n) is 12.1. The van der Waals surface area contributed by atoms with Crippen molar-refractivity contribution in [2.75, 3.05) is 0 Å². The molecule has 1 aliphatic rings. The van der Waals surface area contributed by atoms with Crippen LogP contribution in [0.3, 0.4) is 0 Å². The molecule has 57 heavy (non-hydrogen) atoms. The number of allylic oxidation sites excluding steroid dienone is 4. The van der Waals surface area contributed by atoms with Gasteiger partial charge in [0.05, 0.1) is 33.1 Å². The molecule has 0 bridgehead atoms. The summed E-state index contributed by atoms with van der Waals surface area (Å²) in [5.41, 5.74) is 14.5. The molecule has 0 N–H and O–H groups in total. The Balaban J connectivity index is 1.10. The van der Waals surface area contributed by atoms with Gasteiger partial charge in [-0.05, 0) is 108 Å². The Bertz CT molecular complexity index is 3430. The topological polar surface area (TPSA) is 14.8 Å². The molecule has 11 aromatic rings. The molecule has 268 valence electrons. The van der Waals surface area contributed by atoms with Gasteiger partial charge in [0.25, 0.3) is 0 Å². The van der Waals surface area contributed by atoms with E-state index in [1.165, 1.54) is 82.1 Å². The highest BCUT2D eigenvalue weighted by atomic mass is 15.0. The third kappa shape index (κ3) is 4.92. The number of para-hydroxylation sites is 3. The van der Waals surface area contributed by atoms with E-state index in [1.807, 2.05) is 0 Å². The molecule has 0 aliphatic heterocycles. The highest BCUT2D eigenvalue weighted by Gasteiger charge is 2.20. The molecule has 1 atom stereocenters. The summed E-state index contributed by atoms with van der Waals surface area (Å²) in [4.78, 5) is 0. The number of rotatable bonds is 5. The van der Waals surface area contributed by atoms with Crippen LogP contribution in [-0.2, 0) is 0 Å². The van der Waals surface area contributed by atoms with E-state index < -0.39 is 0 Å². The highest BCUT2D eigenvalue weighted by Crippen LogP contribution is 2.41. The summed E-state index contributed by atoms with van der Waals surface area (Å²) in [7, 11) is 0. The molecule has 0 spiro atoms. The third-order valence-corrected chi connectivity index (χ3v) is 12.1. The van der Waals surface area contributed by atoms with E-state index in [1.54, 1.807) is 0 Å². The average Bonchev–Trinajstić information content (AvgIpc) is 3.92. The summed E-state index contributed by atoms with van der Waals surface area (Å²) >= 11 is 0. The first-order valence-corrected chi connectivity index (χ1v) is 19.9. The van der Waals surface area contributed by atoms with Gasteiger partial charge in [-0.3, -0.25) is 0 Å². The lowest BCUT2D eigenvalue weighted by atomic mass is 9.91. The van der Waals surface area contributed by atoms with Crippen molar-refractivity contribution in [2.45, 2.75) is 12.3 Å². The lowest BCUT2D eigenvalue weighted by Gasteiger charge is -2.14. The second-order valence-corrected chi connectivity index (χ2v) is 15.3. The highest BCUT2D eigenvalue weighted by molar-refractivity contribution is 6.14. The molecule has 0 fully saturated rings. The van der Waals surface area contributed by atoms with Gasteiger partial charge in [-0.1, -0.05) is 121 Å². The zero-order chi connectivity index (χ0) is 37.5. The predicted octanol–water partition coefficient (Wildman–Crippen LogP) is 14.2. The van der Waals surface area contributed by atoms with E-state index in [0.717, 1.165) is 23.5 Å². The van der Waals surface area contributed by atoms with Gasteiger partial charge < -0.3 is 13.7 Å². The summed E-state index contributed by atoms with van der Waals surface area (Å²) in [6.07, 6.45) is 9.96. The lowest BCUT2D eigenvalue weighted by molar-refractivity contribution is 0.855. The Labute approximate surface area is 330 Å². The molecule has 12 rings (SSSR count). The molecule has 3 aromatic heterocycles. The summed E-state index contributed by atoms with van der Waals surface area (Å²) < 4.78 is 7.31. The summed E-state index contributed by atoms with van der Waals surface area (Å²) in [5.74, 6) is 0.400. The van der Waals surface area contributed by atoms with Crippen molar-refractivity contribution < 1.29 is 0 Å². The van der Waals surface area contributed by atoms with Gasteiger partial charge in [-0.25, -0.2) is 0 Å². The van der Waals surface area contributed by atoms with Gasteiger partial charge in [-0.15, -0.1) is 0 Å². The fraction of sp³-hybridized carbons (Fsp3) is 0.0370. The maximum Gasteiger partial charge on any atom is 0.0542 e. The molecule has 0 saturated heterocycles. The van der Waals surface area contributed by atoms with E-state index in [-0.39, 0.29) is 0 Å². The fourth-order valence-electron chi connectivity index (χ4n) is 9.52. The second-order valence-electron chi connectivity index (χ2n) is 15.3. The van der Waals surface area contributed by atoms with Crippen LogP contribution in [0, 0.1) is 0 Å². The number of hydrogen-bond acceptors (Lipinski definition) is 0. The quantitative estimate of drug-likeness (QED) is 0.168. The number of nitrogens with zero attached hydrogens (tertiary/aromatic N) is 3. The van der Waals surface area contributed by atoms with Gasteiger partial charge in [-0.2, -0.15) is 0 Å². The number of fused-ring (bicyclic) bond motifs is 9. The lowest BCUT2D eigenvalue weighted by Crippen LogP contribution is -1.97. The zero-order valence-electron chi connectivity index (χ0n) is 31.3. The molecular weight excluding hydrogens is 691 g/mol. The van der Waals surface area contributed by atoms with Crippen LogP contribution in [0.25, 0.3) is 93.6 Å². The van der Waals surface area contributed by atoms with Crippen LogP contribution >= 0.6 is 0 Å². The molecule has 3 heterocycles. The van der Waals surface area contributed by atoms with Gasteiger partial charge >= 0.3 is 0 Å². The molecule has 1 aliphatic carbocycles. The Morgan fingerprint density at radius 1 is 0.333 bits per heavy atom. The van der Waals surface area contributed by atoms with Crippen LogP contribution in [0.4, 0.5) is 0 Å². The smallest absolute Gasteiger partial charge is 0.0542 e. The number of benzene rings is 8. The Morgan fingerprint density at radius 2 is 0.825 bits per heavy atom. The normalized spacial score (nSPS) is 14.3. The Kier molecular flexibility index (Phi) is 7.05. The first-order valence-electron chi connectivity index (χ1n) is 19.9. The van der Waals surface area contributed by atoms with Crippen LogP contribution in [0.5, 0.6) is 0 Å². The number of aromatic nitrogens is 3. The van der Waals surface area contributed by atoms with Crippen LogP contribution < -0.4 is 0 Å². The molecule has 0 saturated carbocycles. The Morgan fingerprint density at radius 3 is 1.44 bits per heavy atom. The van der Waals surface area contributed by atoms with E-state index in [9.17, 15) is 0 Å². The molecule has 8 aromatic carbocycles. The Hall–Kier alpha value is -7.36. The van der Waals surface area contributed by atoms with Crippen LogP contribution in [-0.4, -0.2) is 13.7 Å². The predicted molar refractivity (Wildman–Crippen MR) is 241 cm³/mol. The van der Waals surface area contributed by atoms with Crippen molar-refractivity contribution in [3.8, 4) is 28.2 Å². The van der Waals surface area contributed by atoms with Crippen molar-refractivity contribution in [1.29, 1.82) is 0 Å². The van der Waals surface area contributed by atoms with Crippen molar-refractivity contribution in [3.05, 3.63) is 212 Å². The van der Waals surface area contributed by atoms with Crippen LogP contribution in [0.1, 0.15) is 17.9 Å². The number of hydrogen-bond donors (Lipinski definition) is 0. The van der Waals surface area contributed by atoms with E-state index in [4.69, 9.17) is 0 Å². The molecule has 3 nitrogen and oxygen atoms in total. The standard InChI is InChI=1S/C54H37N3/c1-4-14-36(15-5-1)38-24-28-51-45(32-38)43-20-10-12-22-49(43)56(51)41-26-30-53-47(34-41)48-35-42(27-31-54(48)55(53)40-18-8-3-9-19-40)57-50-23-13-11-21-44(50)46-33-39(25-29-52(46)57)37-16-6-2-7-17-37/h1-16,18-35,37H,17H2. The first kappa shape index (κ1) is 31.9. The molecule has 3 heteroatoms. The summed E-state index contributed by atoms with van der Waals surface area (Å²) in [5, 5.41) is 7.53. The SMILES string of the molecule is C1=CCC(c2ccc3c(c2)c2ccccc2n3-c2ccc3c(c2)c2cc(-n4c5ccccc5c5cc(-c6ccccc6)ccc54)ccc2n3-c2ccccc2)C=C1. The average molecular weight is 728 g/mol. The van der Waals surface area contributed by atoms with Crippen molar-refractivity contribution >= 4 is 65.4 Å². The summed E-state index contributed by atoms with van der Waals surface area (Å²) in [6, 6.07) is 67.1. The van der Waals surface area contributed by atoms with E-state index >= 15 is 0 Å². The molecule has 0 radical (unpaired) electrons. The maximum atomic E-state index is 2.46. The van der Waals surface area contributed by atoms with Gasteiger partial charge in [0.1, 0.15) is 0 Å². The van der Waals surface area contributed by atoms with Crippen LogP contribution in [0.2, 0.25) is 0 Å². The molecule has 0 amide bonds. The van der Waals surface area contributed by atoms with Gasteiger partial charge in [0, 0.05) is 55.3 Å². The van der Waals surface area contributed by atoms with Crippen LogP contribution in [0.15, 0.2) is 206 Å². The minimum absolute atomic E-state index is 0.400. The molecule has 1 unspecified atom stereocenters. The van der Waals surface area contributed by atoms with Gasteiger partial charge in [0.2, 0.25) is 0 Å². The minimum Gasteiger partial charge on any atom is -0.309 e. The van der Waals surface area contributed by atoms with Crippen molar-refractivity contribution in [2.24, 2.45) is 0 Å². The van der Waals surface area contributed by atoms with Crippen molar-refractivity contribution in [3.63, 3.8) is 0 Å². The minimum atomic E-state index is 0.400. The monoisotopic (exact) mass is 727 g/mol. The van der Waals surface area contributed by atoms with E-state index in [2.05, 4.69) is 220 Å². The maximum absolute atomic E-state index is 2.46.